The zero-order valence-electron chi connectivity index (χ0n) is 17.0. The molecule has 0 aliphatic rings. The van der Waals surface area contributed by atoms with E-state index in [-0.39, 0.29) is 18.7 Å². The molecule has 0 bridgehead atoms. The van der Waals surface area contributed by atoms with Crippen molar-refractivity contribution in [2.24, 2.45) is 0 Å². The zero-order chi connectivity index (χ0) is 20.6. The van der Waals surface area contributed by atoms with E-state index < -0.39 is 0 Å². The van der Waals surface area contributed by atoms with Crippen molar-refractivity contribution >= 4 is 16.9 Å². The molecular weight excluding hydrogens is 366 g/mol. The number of carbonyl (C=O) groups excluding carboxylic acids is 1. The van der Waals surface area contributed by atoms with Gasteiger partial charge >= 0.3 is 5.97 Å². The number of fused-ring (bicyclic) bond motifs is 1. The first-order chi connectivity index (χ1) is 14.1. The molecule has 3 aromatic rings. The lowest BCUT2D eigenvalue weighted by Gasteiger charge is -2.21. The molecule has 0 fully saturated rings. The fraction of sp³-hybridized carbons (Fsp3) is 0.333. The van der Waals surface area contributed by atoms with Crippen LogP contribution in [0, 0.1) is 5.21 Å². The number of unbranched alkanes of at least 4 members (excludes halogenated alkanes) is 2. The van der Waals surface area contributed by atoms with Gasteiger partial charge in [0.25, 0.3) is 5.52 Å². The smallest absolute Gasteiger partial charge is 0.303 e. The lowest BCUT2D eigenvalue weighted by atomic mass is 9.98. The number of aromatic nitrogens is 1. The lowest BCUT2D eigenvalue weighted by molar-refractivity contribution is -0.577. The predicted molar refractivity (Wildman–Crippen MR) is 112 cm³/mol. The third kappa shape index (κ3) is 5.25. The van der Waals surface area contributed by atoms with Crippen molar-refractivity contribution in [3.05, 3.63) is 77.1 Å². The van der Waals surface area contributed by atoms with Crippen LogP contribution in [0.25, 0.3) is 10.9 Å². The van der Waals surface area contributed by atoms with Crippen molar-refractivity contribution in [1.82, 2.24) is 0 Å². The standard InChI is InChI=1S/C24H27NO4/c1-3-4-5-14-22(29-18(2)26)21-13-7-6-10-20(21)17-28-23-15-8-11-19-12-9-16-25(27)24(19)23/h6-13,15-16,22H,3-5,14,17H2,1-2H3. The molecule has 0 aliphatic heterocycles. The SMILES string of the molecule is CCCCCC(OC(C)=O)c1ccccc1COc1cccc2ccc[n+]([O-])c12. The number of para-hydroxylation sites is 1. The number of hydrogen-bond acceptors (Lipinski definition) is 4. The molecule has 3 rings (SSSR count). The average Bonchev–Trinajstić information content (AvgIpc) is 2.72. The monoisotopic (exact) mass is 393 g/mol. The van der Waals surface area contributed by atoms with Gasteiger partial charge in [0.1, 0.15) is 12.7 Å². The summed E-state index contributed by atoms with van der Waals surface area (Å²) in [6, 6.07) is 17.0. The third-order valence-electron chi connectivity index (χ3n) is 4.91. The first kappa shape index (κ1) is 20.6. The Morgan fingerprint density at radius 1 is 1.07 bits per heavy atom. The molecule has 5 nitrogen and oxygen atoms in total. The summed E-state index contributed by atoms with van der Waals surface area (Å²) in [5, 5.41) is 13.1. The van der Waals surface area contributed by atoms with Crippen molar-refractivity contribution in [2.75, 3.05) is 0 Å². The van der Waals surface area contributed by atoms with Gasteiger partial charge in [0.05, 0.1) is 5.39 Å². The first-order valence-electron chi connectivity index (χ1n) is 10.1. The normalized spacial score (nSPS) is 11.9. The minimum atomic E-state index is -0.296. The molecule has 0 saturated heterocycles. The Kier molecular flexibility index (Phi) is 7.06. The zero-order valence-corrected chi connectivity index (χ0v) is 17.0. The Morgan fingerprint density at radius 2 is 1.86 bits per heavy atom. The van der Waals surface area contributed by atoms with E-state index in [1.54, 1.807) is 12.1 Å². The number of benzene rings is 2. The van der Waals surface area contributed by atoms with Crippen LogP contribution in [0.5, 0.6) is 5.75 Å². The van der Waals surface area contributed by atoms with Gasteiger partial charge in [-0.2, -0.15) is 4.73 Å². The highest BCUT2D eigenvalue weighted by Gasteiger charge is 2.19. The van der Waals surface area contributed by atoms with Gasteiger partial charge < -0.3 is 14.7 Å². The van der Waals surface area contributed by atoms with E-state index in [2.05, 4.69) is 6.92 Å². The second-order valence-electron chi connectivity index (χ2n) is 7.11. The molecule has 0 amide bonds. The molecule has 29 heavy (non-hydrogen) atoms. The Morgan fingerprint density at radius 3 is 2.66 bits per heavy atom. The summed E-state index contributed by atoms with van der Waals surface area (Å²) < 4.78 is 12.5. The fourth-order valence-electron chi connectivity index (χ4n) is 3.52. The summed E-state index contributed by atoms with van der Waals surface area (Å²) >= 11 is 0. The van der Waals surface area contributed by atoms with E-state index in [1.165, 1.54) is 13.1 Å². The molecule has 2 aromatic carbocycles. The van der Waals surface area contributed by atoms with Crippen molar-refractivity contribution in [3.63, 3.8) is 0 Å². The maximum atomic E-state index is 12.2. The van der Waals surface area contributed by atoms with E-state index in [4.69, 9.17) is 9.47 Å². The van der Waals surface area contributed by atoms with Crippen LogP contribution in [-0.2, 0) is 16.1 Å². The van der Waals surface area contributed by atoms with Crippen molar-refractivity contribution in [2.45, 2.75) is 52.2 Å². The molecular formula is C24H27NO4. The van der Waals surface area contributed by atoms with Crippen LogP contribution < -0.4 is 9.47 Å². The molecule has 152 valence electrons. The number of esters is 1. The van der Waals surface area contributed by atoms with Crippen LogP contribution in [0.4, 0.5) is 0 Å². The van der Waals surface area contributed by atoms with Crippen molar-refractivity contribution in [3.8, 4) is 5.75 Å². The second-order valence-corrected chi connectivity index (χ2v) is 7.11. The summed E-state index contributed by atoms with van der Waals surface area (Å²) in [4.78, 5) is 11.6. The first-order valence-corrected chi connectivity index (χ1v) is 10.1. The summed E-state index contributed by atoms with van der Waals surface area (Å²) in [6.45, 7) is 3.87. The third-order valence-corrected chi connectivity index (χ3v) is 4.91. The minimum absolute atomic E-state index is 0.287. The van der Waals surface area contributed by atoms with Gasteiger partial charge in [0, 0.05) is 13.0 Å². The average molecular weight is 393 g/mol. The van der Waals surface area contributed by atoms with Crippen LogP contribution in [0.1, 0.15) is 56.8 Å². The van der Waals surface area contributed by atoms with E-state index in [9.17, 15) is 10.0 Å². The summed E-state index contributed by atoms with van der Waals surface area (Å²) in [5.74, 6) is 0.242. The molecule has 5 heteroatoms. The molecule has 0 aliphatic carbocycles. The molecule has 1 aromatic heterocycles. The van der Waals surface area contributed by atoms with Crippen molar-refractivity contribution < 1.29 is 19.0 Å². The van der Waals surface area contributed by atoms with Gasteiger partial charge in [-0.3, -0.25) is 4.79 Å². The number of hydrogen-bond donors (Lipinski definition) is 0. The maximum Gasteiger partial charge on any atom is 0.303 e. The number of pyridine rings is 1. The van der Waals surface area contributed by atoms with Crippen LogP contribution in [0.3, 0.4) is 0 Å². The minimum Gasteiger partial charge on any atom is -0.618 e. The summed E-state index contributed by atoms with van der Waals surface area (Å²) in [7, 11) is 0. The second kappa shape index (κ2) is 9.92. The van der Waals surface area contributed by atoms with Gasteiger partial charge in [-0.1, -0.05) is 50.1 Å². The fourth-order valence-corrected chi connectivity index (χ4v) is 3.52. The molecule has 0 radical (unpaired) electrons. The molecule has 0 spiro atoms. The molecule has 1 unspecified atom stereocenters. The highest BCUT2D eigenvalue weighted by molar-refractivity contribution is 5.81. The Hall–Kier alpha value is -3.08. The Bertz CT molecular complexity index is 965. The topological polar surface area (TPSA) is 62.5 Å². The van der Waals surface area contributed by atoms with Crippen LogP contribution in [0.2, 0.25) is 0 Å². The van der Waals surface area contributed by atoms with E-state index in [0.29, 0.717) is 11.3 Å². The Labute approximate surface area is 171 Å². The van der Waals surface area contributed by atoms with Crippen LogP contribution >= 0.6 is 0 Å². The van der Waals surface area contributed by atoms with Crippen molar-refractivity contribution in [1.29, 1.82) is 0 Å². The van der Waals surface area contributed by atoms with Gasteiger partial charge in [-0.25, -0.2) is 0 Å². The molecule has 0 saturated carbocycles. The van der Waals surface area contributed by atoms with Gasteiger partial charge in [-0.15, -0.1) is 0 Å². The quantitative estimate of drug-likeness (QED) is 0.216. The number of nitrogens with zero attached hydrogens (tertiary/aromatic N) is 1. The molecule has 1 heterocycles. The van der Waals surface area contributed by atoms with Crippen LogP contribution in [0.15, 0.2) is 60.8 Å². The van der Waals surface area contributed by atoms with Gasteiger partial charge in [0.2, 0.25) is 0 Å². The molecule has 0 N–H and O–H groups in total. The summed E-state index contributed by atoms with van der Waals surface area (Å²) in [6.07, 6.45) is 5.13. The van der Waals surface area contributed by atoms with Gasteiger partial charge in [-0.05, 0) is 42.2 Å². The van der Waals surface area contributed by atoms with E-state index in [0.717, 1.165) is 46.9 Å². The predicted octanol–water partition coefficient (Wildman–Crippen LogP) is 5.24. The highest BCUT2D eigenvalue weighted by atomic mass is 16.5. The van der Waals surface area contributed by atoms with E-state index >= 15 is 0 Å². The largest absolute Gasteiger partial charge is 0.618 e. The van der Waals surface area contributed by atoms with Gasteiger partial charge in [0.15, 0.2) is 11.9 Å². The lowest BCUT2D eigenvalue weighted by Crippen LogP contribution is -2.26. The van der Waals surface area contributed by atoms with Crippen LogP contribution in [-0.4, -0.2) is 5.97 Å². The summed E-state index contributed by atoms with van der Waals surface area (Å²) in [5.41, 5.74) is 2.40. The maximum absolute atomic E-state index is 12.2. The number of ether oxygens (including phenoxy) is 2. The molecule has 1 atom stereocenters. The highest BCUT2D eigenvalue weighted by Crippen LogP contribution is 2.29. The van der Waals surface area contributed by atoms with E-state index in [1.807, 2.05) is 42.5 Å². The number of carbonyl (C=O) groups is 1. The number of rotatable bonds is 9. The Balaban J connectivity index is 1.84.